The molecule has 2 fully saturated rings. The second-order valence-corrected chi connectivity index (χ2v) is 14.1. The summed E-state index contributed by atoms with van der Waals surface area (Å²) in [7, 11) is 0. The molecule has 2 aromatic carbocycles. The van der Waals surface area contributed by atoms with Gasteiger partial charge in [0.05, 0.1) is 6.54 Å². The average molecular weight is 667 g/mol. The van der Waals surface area contributed by atoms with Gasteiger partial charge in [-0.1, -0.05) is 78.7 Å². The number of alkyl carbamates (subject to hydrolysis) is 1. The predicted octanol–water partition coefficient (Wildman–Crippen LogP) is 4.29. The third kappa shape index (κ3) is 7.16. The number of oxime groups is 1. The predicted molar refractivity (Wildman–Crippen MR) is 181 cm³/mol. The number of hydrogen-bond acceptors (Lipinski definition) is 8. The quantitative estimate of drug-likeness (QED) is 0.162. The number of ether oxygens (including phenoxy) is 1. The van der Waals surface area contributed by atoms with Gasteiger partial charge in [0.15, 0.2) is 6.19 Å². The fourth-order valence-corrected chi connectivity index (χ4v) is 6.99. The molecule has 1 saturated carbocycles. The Kier molecular flexibility index (Phi) is 9.45. The van der Waals surface area contributed by atoms with Crippen molar-refractivity contribution in [2.75, 3.05) is 6.54 Å². The van der Waals surface area contributed by atoms with Crippen molar-refractivity contribution in [1.82, 2.24) is 20.9 Å². The third-order valence-electron chi connectivity index (χ3n) is 9.45. The van der Waals surface area contributed by atoms with Crippen LogP contribution in [0.3, 0.4) is 0 Å². The van der Waals surface area contributed by atoms with E-state index in [1.165, 1.54) is 4.90 Å². The Balaban J connectivity index is 1.30. The molecule has 2 aromatic rings. The number of rotatable bonds is 4. The number of amides is 4. The van der Waals surface area contributed by atoms with Gasteiger partial charge in [-0.2, -0.15) is 5.26 Å². The van der Waals surface area contributed by atoms with Crippen molar-refractivity contribution in [3.63, 3.8) is 0 Å². The average Bonchev–Trinajstić information content (AvgIpc) is 3.42. The number of allylic oxidation sites excluding steroid dienone is 1. The van der Waals surface area contributed by atoms with Crippen molar-refractivity contribution < 1.29 is 28.8 Å². The van der Waals surface area contributed by atoms with Crippen LogP contribution in [-0.2, 0) is 24.0 Å². The molecular formula is C37H42N6O6. The van der Waals surface area contributed by atoms with Gasteiger partial charge in [-0.15, -0.1) is 0 Å². The number of benzene rings is 2. The molecule has 256 valence electrons. The molecule has 0 bridgehead atoms. The van der Waals surface area contributed by atoms with Gasteiger partial charge < -0.3 is 25.1 Å². The maximum atomic E-state index is 14.3. The highest BCUT2D eigenvalue weighted by atomic mass is 16.6. The lowest BCUT2D eigenvalue weighted by molar-refractivity contribution is -0.141. The fraction of sp³-hybridized carbons (Fsp3) is 0.459. The van der Waals surface area contributed by atoms with E-state index in [0.29, 0.717) is 25.0 Å². The van der Waals surface area contributed by atoms with Gasteiger partial charge in [-0.25, -0.2) is 4.79 Å². The summed E-state index contributed by atoms with van der Waals surface area (Å²) in [5, 5.41) is 21.6. The fourth-order valence-electron chi connectivity index (χ4n) is 6.99. The summed E-state index contributed by atoms with van der Waals surface area (Å²) in [5.74, 6) is -1.88. The van der Waals surface area contributed by atoms with Crippen LogP contribution in [0.1, 0.15) is 76.8 Å². The first kappa shape index (κ1) is 33.7. The summed E-state index contributed by atoms with van der Waals surface area (Å²) in [4.78, 5) is 61.9. The van der Waals surface area contributed by atoms with Crippen LogP contribution < -0.4 is 16.0 Å². The topological polar surface area (TPSA) is 162 Å². The molecule has 1 saturated heterocycles. The second kappa shape index (κ2) is 13.7. The molecule has 4 amide bonds. The zero-order valence-electron chi connectivity index (χ0n) is 28.0. The van der Waals surface area contributed by atoms with Gasteiger partial charge in [-0.05, 0) is 57.6 Å². The molecule has 12 heteroatoms. The van der Waals surface area contributed by atoms with E-state index in [1.54, 1.807) is 27.0 Å². The standard InChI is InChI=1S/C37H42N6O6/c1-36(2,3)48-35(47)40-29-18-8-6-4-5-7-13-23-20-37(23,34(46)39-22-38)41-32(44)30-19-24(21-43(30)33(29)45)49-42-31-27-16-11-9-14-25(27)26-15-10-12-17-28(26)31/h7,9-17,23-24,29-30H,4-6,8,18-21H2,1-3H3,(H,39,46)(H,40,47)(H,41,44)/b13-7+/t23?,24-,29-,30+,37-/m1/s1. The molecule has 0 radical (unpaired) electrons. The highest BCUT2D eigenvalue weighted by Crippen LogP contribution is 2.45. The van der Waals surface area contributed by atoms with Gasteiger partial charge in [0.25, 0.3) is 5.91 Å². The first-order chi connectivity index (χ1) is 23.5. The van der Waals surface area contributed by atoms with Crippen molar-refractivity contribution in [1.29, 1.82) is 5.26 Å². The number of nitriles is 1. The lowest BCUT2D eigenvalue weighted by Crippen LogP contribution is -2.57. The van der Waals surface area contributed by atoms with E-state index in [1.807, 2.05) is 60.7 Å². The monoisotopic (exact) mass is 666 g/mol. The minimum Gasteiger partial charge on any atom is -0.444 e. The minimum atomic E-state index is -1.30. The summed E-state index contributed by atoms with van der Waals surface area (Å²) < 4.78 is 5.48. The van der Waals surface area contributed by atoms with Gasteiger partial charge in [0.2, 0.25) is 11.8 Å². The van der Waals surface area contributed by atoms with Crippen LogP contribution in [0.15, 0.2) is 65.8 Å². The molecule has 2 aliphatic heterocycles. The third-order valence-corrected chi connectivity index (χ3v) is 9.45. The Morgan fingerprint density at radius 2 is 1.69 bits per heavy atom. The van der Waals surface area contributed by atoms with E-state index in [0.717, 1.165) is 41.5 Å². The second-order valence-electron chi connectivity index (χ2n) is 14.1. The van der Waals surface area contributed by atoms with Crippen LogP contribution in [-0.4, -0.2) is 70.3 Å². The molecule has 2 aliphatic carbocycles. The van der Waals surface area contributed by atoms with E-state index in [2.05, 4.69) is 21.1 Å². The van der Waals surface area contributed by atoms with Crippen LogP contribution >= 0.6 is 0 Å². The Labute approximate surface area is 285 Å². The van der Waals surface area contributed by atoms with Gasteiger partial charge >= 0.3 is 6.09 Å². The number of fused-ring (bicyclic) bond motifs is 5. The van der Waals surface area contributed by atoms with Crippen molar-refractivity contribution in [3.8, 4) is 17.3 Å². The maximum absolute atomic E-state index is 14.3. The highest BCUT2D eigenvalue weighted by molar-refractivity contribution is 6.24. The smallest absolute Gasteiger partial charge is 0.408 e. The molecule has 0 aromatic heterocycles. The van der Waals surface area contributed by atoms with E-state index in [4.69, 9.17) is 9.57 Å². The number of carbonyl (C=O) groups excluding carboxylic acids is 4. The van der Waals surface area contributed by atoms with Gasteiger partial charge in [-0.3, -0.25) is 19.7 Å². The summed E-state index contributed by atoms with van der Waals surface area (Å²) >= 11 is 0. The number of nitrogens with zero attached hydrogens (tertiary/aromatic N) is 3. The van der Waals surface area contributed by atoms with Gasteiger partial charge in [0, 0.05) is 23.5 Å². The molecule has 1 unspecified atom stereocenters. The van der Waals surface area contributed by atoms with Crippen LogP contribution in [0, 0.1) is 17.4 Å². The van der Waals surface area contributed by atoms with Crippen LogP contribution in [0.2, 0.25) is 0 Å². The molecule has 2 heterocycles. The number of carbonyl (C=O) groups is 4. The maximum Gasteiger partial charge on any atom is 0.408 e. The van der Waals surface area contributed by atoms with Crippen molar-refractivity contribution in [3.05, 3.63) is 71.8 Å². The molecule has 5 atom stereocenters. The van der Waals surface area contributed by atoms with E-state index >= 15 is 0 Å². The molecule has 12 nitrogen and oxygen atoms in total. The normalized spacial score (nSPS) is 27.0. The highest BCUT2D eigenvalue weighted by Gasteiger charge is 2.61. The molecule has 49 heavy (non-hydrogen) atoms. The molecule has 3 N–H and O–H groups in total. The lowest BCUT2D eigenvalue weighted by Gasteiger charge is -2.30. The Morgan fingerprint density at radius 1 is 1.02 bits per heavy atom. The Bertz CT molecular complexity index is 1690. The molecule has 6 rings (SSSR count). The summed E-state index contributed by atoms with van der Waals surface area (Å²) in [6, 6.07) is 13.9. The van der Waals surface area contributed by atoms with E-state index in [-0.39, 0.29) is 18.9 Å². The molecular weight excluding hydrogens is 624 g/mol. The first-order valence-corrected chi connectivity index (χ1v) is 16.9. The first-order valence-electron chi connectivity index (χ1n) is 16.9. The van der Waals surface area contributed by atoms with E-state index in [9.17, 15) is 24.4 Å². The Morgan fingerprint density at radius 3 is 2.35 bits per heavy atom. The zero-order chi connectivity index (χ0) is 34.8. The van der Waals surface area contributed by atoms with Crippen LogP contribution in [0.5, 0.6) is 0 Å². The van der Waals surface area contributed by atoms with Crippen molar-refractivity contribution in [2.24, 2.45) is 11.1 Å². The molecule has 0 spiro atoms. The number of nitrogens with one attached hydrogen (secondary N) is 3. The van der Waals surface area contributed by atoms with Crippen LogP contribution in [0.4, 0.5) is 4.79 Å². The molecule has 4 aliphatic rings. The van der Waals surface area contributed by atoms with Gasteiger partial charge in [0.1, 0.15) is 35.0 Å². The summed E-state index contributed by atoms with van der Waals surface area (Å²) in [6.07, 6.45) is 8.05. The summed E-state index contributed by atoms with van der Waals surface area (Å²) in [6.45, 7) is 5.26. The van der Waals surface area contributed by atoms with Crippen molar-refractivity contribution >= 4 is 29.5 Å². The van der Waals surface area contributed by atoms with E-state index < -0.39 is 53.1 Å². The number of hydrogen-bond donors (Lipinski definition) is 3. The zero-order valence-corrected chi connectivity index (χ0v) is 28.0. The SMILES string of the molecule is CC(C)(C)OC(=O)N[C@@H]1CCCCC/C=C/C2C[C@@]2(C(=O)NC#N)NC(=O)[C@@H]2C[C@@H](ON=C3c4ccccc4-c4ccccc43)CN2C1=O. The van der Waals surface area contributed by atoms with Crippen molar-refractivity contribution in [2.45, 2.75) is 95.0 Å². The lowest BCUT2D eigenvalue weighted by atomic mass is 10.0. The largest absolute Gasteiger partial charge is 0.444 e. The Hall–Kier alpha value is -5.18. The minimum absolute atomic E-state index is 0.0320. The summed E-state index contributed by atoms with van der Waals surface area (Å²) in [5.41, 5.74) is 2.51. The van der Waals surface area contributed by atoms with Crippen LogP contribution in [0.25, 0.3) is 11.1 Å².